The number of nitrogens with one attached hydrogen (secondary N) is 1. The molecule has 0 aliphatic carbocycles. The fraction of sp³-hybridized carbons (Fsp3) is 0.222. The van der Waals surface area contributed by atoms with Gasteiger partial charge < -0.3 is 19.5 Å². The SMILES string of the molecule is CCOC(=O)c1c(NC(=O)/C=C/c2ccc(OCc3c(Cl)cccc3Cl)c(OC)c2)sc(C(C)=O)c1C. The van der Waals surface area contributed by atoms with E-state index in [1.165, 1.54) is 20.1 Å². The monoisotopic (exact) mass is 561 g/mol. The Morgan fingerprint density at radius 2 is 1.78 bits per heavy atom. The van der Waals surface area contributed by atoms with Crippen molar-refractivity contribution in [1.29, 1.82) is 0 Å². The first-order valence-corrected chi connectivity index (χ1v) is 12.8. The minimum atomic E-state index is -0.596. The Kier molecular flexibility index (Phi) is 9.74. The summed E-state index contributed by atoms with van der Waals surface area (Å²) in [4.78, 5) is 37.4. The van der Waals surface area contributed by atoms with Crippen LogP contribution in [0, 0.1) is 6.92 Å². The van der Waals surface area contributed by atoms with Gasteiger partial charge in [-0.3, -0.25) is 9.59 Å². The molecule has 0 saturated carbocycles. The number of rotatable bonds is 10. The first-order valence-electron chi connectivity index (χ1n) is 11.2. The van der Waals surface area contributed by atoms with Crippen LogP contribution in [-0.4, -0.2) is 31.4 Å². The van der Waals surface area contributed by atoms with Crippen LogP contribution >= 0.6 is 34.5 Å². The second-order valence-electron chi connectivity index (χ2n) is 7.76. The van der Waals surface area contributed by atoms with Crippen LogP contribution in [0.2, 0.25) is 10.0 Å². The number of hydrogen-bond acceptors (Lipinski definition) is 7. The van der Waals surface area contributed by atoms with Crippen molar-refractivity contribution >= 4 is 63.3 Å². The molecule has 3 aromatic rings. The minimum Gasteiger partial charge on any atom is -0.493 e. The average Bonchev–Trinajstić information content (AvgIpc) is 3.18. The van der Waals surface area contributed by atoms with E-state index in [0.717, 1.165) is 11.3 Å². The molecule has 1 heterocycles. The van der Waals surface area contributed by atoms with Crippen molar-refractivity contribution in [1.82, 2.24) is 0 Å². The smallest absolute Gasteiger partial charge is 0.341 e. The normalized spacial score (nSPS) is 10.9. The van der Waals surface area contributed by atoms with Crippen molar-refractivity contribution < 1.29 is 28.6 Å². The number of ether oxygens (including phenoxy) is 3. The van der Waals surface area contributed by atoms with Gasteiger partial charge in [0.2, 0.25) is 5.91 Å². The van der Waals surface area contributed by atoms with Gasteiger partial charge in [-0.05, 0) is 62.2 Å². The predicted octanol–water partition coefficient (Wildman–Crippen LogP) is 6.98. The average molecular weight is 562 g/mol. The van der Waals surface area contributed by atoms with Crippen LogP contribution in [0.1, 0.15) is 50.6 Å². The van der Waals surface area contributed by atoms with Crippen molar-refractivity contribution in [3.05, 3.63) is 79.7 Å². The lowest BCUT2D eigenvalue weighted by Gasteiger charge is -2.13. The Bertz CT molecular complexity index is 1340. The summed E-state index contributed by atoms with van der Waals surface area (Å²) >= 11 is 13.5. The number of esters is 1. The number of carbonyl (C=O) groups is 3. The van der Waals surface area contributed by atoms with Gasteiger partial charge >= 0.3 is 5.97 Å². The van der Waals surface area contributed by atoms with E-state index >= 15 is 0 Å². The van der Waals surface area contributed by atoms with Crippen molar-refractivity contribution in [2.24, 2.45) is 0 Å². The molecular formula is C27H25Cl2NO6S. The van der Waals surface area contributed by atoms with Gasteiger partial charge in [-0.2, -0.15) is 0 Å². The van der Waals surface area contributed by atoms with E-state index in [1.54, 1.807) is 56.3 Å². The summed E-state index contributed by atoms with van der Waals surface area (Å²) in [6.07, 6.45) is 2.90. The second-order valence-corrected chi connectivity index (χ2v) is 9.59. The van der Waals surface area contributed by atoms with Crippen molar-refractivity contribution in [3.8, 4) is 11.5 Å². The van der Waals surface area contributed by atoms with E-state index in [-0.39, 0.29) is 29.6 Å². The molecule has 194 valence electrons. The molecule has 7 nitrogen and oxygen atoms in total. The fourth-order valence-corrected chi connectivity index (χ4v) is 5.04. The van der Waals surface area contributed by atoms with E-state index in [1.807, 2.05) is 0 Å². The number of benzene rings is 2. The van der Waals surface area contributed by atoms with Crippen LogP contribution in [0.4, 0.5) is 5.00 Å². The van der Waals surface area contributed by atoms with Crippen LogP contribution in [0.3, 0.4) is 0 Å². The molecule has 1 aromatic heterocycles. The number of Topliss-reactive ketones (excluding diaryl/α,β-unsaturated/α-hetero) is 1. The van der Waals surface area contributed by atoms with Crippen LogP contribution in [0.15, 0.2) is 42.5 Å². The van der Waals surface area contributed by atoms with E-state index < -0.39 is 11.9 Å². The third-order valence-corrected chi connectivity index (χ3v) is 7.25. The molecular weight excluding hydrogens is 537 g/mol. The highest BCUT2D eigenvalue weighted by atomic mass is 35.5. The Balaban J connectivity index is 1.75. The molecule has 1 N–H and O–H groups in total. The van der Waals surface area contributed by atoms with E-state index in [4.69, 9.17) is 37.4 Å². The Morgan fingerprint density at radius 3 is 2.41 bits per heavy atom. The number of methoxy groups -OCH3 is 1. The molecule has 1 amide bonds. The topological polar surface area (TPSA) is 90.9 Å². The zero-order chi connectivity index (χ0) is 27.1. The molecule has 37 heavy (non-hydrogen) atoms. The van der Waals surface area contributed by atoms with E-state index in [0.29, 0.717) is 43.1 Å². The molecule has 0 spiro atoms. The van der Waals surface area contributed by atoms with Crippen molar-refractivity contribution in [2.45, 2.75) is 27.4 Å². The third-order valence-electron chi connectivity index (χ3n) is 5.23. The van der Waals surface area contributed by atoms with Gasteiger partial charge in [-0.15, -0.1) is 11.3 Å². The second kappa shape index (κ2) is 12.8. The molecule has 2 aromatic carbocycles. The summed E-state index contributed by atoms with van der Waals surface area (Å²) in [5.74, 6) is -0.341. The number of halogens is 2. The Hall–Kier alpha value is -3.33. The molecule has 0 aliphatic rings. The molecule has 10 heteroatoms. The highest BCUT2D eigenvalue weighted by molar-refractivity contribution is 7.18. The molecule has 0 saturated heterocycles. The number of ketones is 1. The van der Waals surface area contributed by atoms with Crippen molar-refractivity contribution in [2.75, 3.05) is 19.0 Å². The summed E-state index contributed by atoms with van der Waals surface area (Å²) in [7, 11) is 1.51. The first kappa shape index (κ1) is 28.2. The highest BCUT2D eigenvalue weighted by Crippen LogP contribution is 2.35. The maximum absolute atomic E-state index is 12.6. The lowest BCUT2D eigenvalue weighted by molar-refractivity contribution is -0.111. The van der Waals surface area contributed by atoms with Crippen molar-refractivity contribution in [3.63, 3.8) is 0 Å². The maximum atomic E-state index is 12.6. The Morgan fingerprint density at radius 1 is 1.08 bits per heavy atom. The predicted molar refractivity (Wildman–Crippen MR) is 146 cm³/mol. The molecule has 0 bridgehead atoms. The lowest BCUT2D eigenvalue weighted by atomic mass is 10.1. The number of hydrogen-bond donors (Lipinski definition) is 1. The van der Waals surface area contributed by atoms with Crippen LogP contribution in [-0.2, 0) is 16.1 Å². The first-order chi connectivity index (χ1) is 17.7. The summed E-state index contributed by atoms with van der Waals surface area (Å²) in [6.45, 7) is 5.06. The van der Waals surface area contributed by atoms with Gasteiger partial charge in [0.1, 0.15) is 11.6 Å². The van der Waals surface area contributed by atoms with Crippen LogP contribution in [0.25, 0.3) is 6.08 Å². The quantitative estimate of drug-likeness (QED) is 0.163. The largest absolute Gasteiger partial charge is 0.493 e. The molecule has 0 fully saturated rings. The lowest BCUT2D eigenvalue weighted by Crippen LogP contribution is -2.12. The van der Waals surface area contributed by atoms with Crippen LogP contribution < -0.4 is 14.8 Å². The van der Waals surface area contributed by atoms with Gasteiger partial charge in [-0.25, -0.2) is 4.79 Å². The van der Waals surface area contributed by atoms with Gasteiger partial charge in [0, 0.05) is 21.7 Å². The Labute approximate surface area is 228 Å². The summed E-state index contributed by atoms with van der Waals surface area (Å²) in [5.41, 5.74) is 1.99. The minimum absolute atomic E-state index is 0.151. The highest BCUT2D eigenvalue weighted by Gasteiger charge is 2.24. The zero-order valence-electron chi connectivity index (χ0n) is 20.6. The zero-order valence-corrected chi connectivity index (χ0v) is 23.0. The number of amides is 1. The number of carbonyl (C=O) groups excluding carboxylic acids is 3. The molecule has 0 unspecified atom stereocenters. The van der Waals surface area contributed by atoms with Gasteiger partial charge in [0.25, 0.3) is 0 Å². The molecule has 0 radical (unpaired) electrons. The van der Waals surface area contributed by atoms with Gasteiger partial charge in [-0.1, -0.05) is 35.3 Å². The summed E-state index contributed by atoms with van der Waals surface area (Å²) in [6, 6.07) is 10.4. The van der Waals surface area contributed by atoms with Gasteiger partial charge in [0.05, 0.1) is 24.2 Å². The fourth-order valence-electron chi connectivity index (χ4n) is 3.44. The van der Waals surface area contributed by atoms with Crippen LogP contribution in [0.5, 0.6) is 11.5 Å². The summed E-state index contributed by atoms with van der Waals surface area (Å²) in [5, 5.41) is 3.94. The standard InChI is InChI=1S/C27H25Cl2NO6S/c1-5-35-27(33)24-15(2)25(16(3)31)37-26(24)30-23(32)12-10-17-9-11-21(22(13-17)34-4)36-14-18-19(28)7-6-8-20(18)29/h6-13H,5,14H2,1-4H3,(H,30,32)/b12-10+. The molecule has 0 aliphatic heterocycles. The molecule has 3 rings (SSSR count). The van der Waals surface area contributed by atoms with E-state index in [2.05, 4.69) is 5.32 Å². The van der Waals surface area contributed by atoms with E-state index in [9.17, 15) is 14.4 Å². The third kappa shape index (κ3) is 6.91. The summed E-state index contributed by atoms with van der Waals surface area (Å²) < 4.78 is 16.4. The number of thiophene rings is 1. The van der Waals surface area contributed by atoms with Gasteiger partial charge in [0.15, 0.2) is 17.3 Å². The number of anilines is 1. The molecule has 0 atom stereocenters. The maximum Gasteiger partial charge on any atom is 0.341 e.